The monoisotopic (exact) mass is 324 g/mol. The first kappa shape index (κ1) is 16.8. The molecule has 4 rings (SSSR count). The number of fused-ring (bicyclic) bond motifs is 2. The first-order valence-electron chi connectivity index (χ1n) is 8.00. The molecule has 0 radical (unpaired) electrons. The largest absolute Gasteiger partial charge is 0.394 e. The summed E-state index contributed by atoms with van der Waals surface area (Å²) >= 11 is 0. The third-order valence-electron chi connectivity index (χ3n) is 4.86. The minimum Gasteiger partial charge on any atom is -0.394 e. The zero-order valence-corrected chi connectivity index (χ0v) is 13.0. The van der Waals surface area contributed by atoms with Gasteiger partial charge in [0.05, 0.1) is 26.4 Å². The Balaban J connectivity index is 0.000000137. The van der Waals surface area contributed by atoms with Crippen LogP contribution < -0.4 is 0 Å². The van der Waals surface area contributed by atoms with E-state index < -0.39 is 24.4 Å². The van der Waals surface area contributed by atoms with Crippen molar-refractivity contribution in [3.63, 3.8) is 0 Å². The first-order valence-corrected chi connectivity index (χ1v) is 8.00. The van der Waals surface area contributed by atoms with Crippen LogP contribution in [0.3, 0.4) is 0 Å². The lowest BCUT2D eigenvalue weighted by molar-refractivity contribution is -0.195. The van der Waals surface area contributed by atoms with Crippen LogP contribution in [0.1, 0.15) is 24.0 Å². The third kappa shape index (κ3) is 3.42. The number of aliphatic hydroxyl groups is 4. The first-order chi connectivity index (χ1) is 11.1. The van der Waals surface area contributed by atoms with Gasteiger partial charge in [-0.15, -0.1) is 0 Å². The molecule has 0 amide bonds. The van der Waals surface area contributed by atoms with Crippen LogP contribution in [0.25, 0.3) is 0 Å². The van der Waals surface area contributed by atoms with Gasteiger partial charge in [-0.3, -0.25) is 0 Å². The molecule has 3 aliphatic rings. The summed E-state index contributed by atoms with van der Waals surface area (Å²) < 4.78 is 10.4. The highest BCUT2D eigenvalue weighted by Crippen LogP contribution is 2.51. The molecule has 1 aromatic rings. The second-order valence-electron chi connectivity index (χ2n) is 6.53. The SMILES string of the molecule is OCC1OCC(O)C(O)C1O.c1ccc2c(c1)COCC21CC1. The second kappa shape index (κ2) is 6.84. The molecule has 4 unspecified atom stereocenters. The molecule has 0 bridgehead atoms. The normalized spacial score (nSPS) is 34.3. The van der Waals surface area contributed by atoms with E-state index in [0.717, 1.165) is 13.2 Å². The van der Waals surface area contributed by atoms with Gasteiger partial charge in [-0.2, -0.15) is 0 Å². The van der Waals surface area contributed by atoms with Crippen molar-refractivity contribution in [3.05, 3.63) is 35.4 Å². The van der Waals surface area contributed by atoms with E-state index in [1.807, 2.05) is 0 Å². The zero-order chi connectivity index (χ0) is 16.4. The standard InChI is InChI=1S/C11H12O.C6H12O5/c1-2-4-10-9(3-1)7-12-8-11(10)5-6-11;7-1-4-6(10)5(9)3(8)2-11-4/h1-4H,5-8H2;3-10H,1-2H2. The topological polar surface area (TPSA) is 99.4 Å². The molecule has 2 aliphatic heterocycles. The van der Waals surface area contributed by atoms with Gasteiger partial charge in [-0.25, -0.2) is 0 Å². The molecule has 1 saturated carbocycles. The van der Waals surface area contributed by atoms with Crippen molar-refractivity contribution < 1.29 is 29.9 Å². The highest BCUT2D eigenvalue weighted by Gasteiger charge is 2.47. The maximum absolute atomic E-state index is 9.11. The lowest BCUT2D eigenvalue weighted by Gasteiger charge is -2.34. The van der Waals surface area contributed by atoms with Gasteiger partial charge in [-0.1, -0.05) is 24.3 Å². The van der Waals surface area contributed by atoms with Gasteiger partial charge in [0.2, 0.25) is 0 Å². The van der Waals surface area contributed by atoms with Crippen molar-refractivity contribution in [3.8, 4) is 0 Å². The van der Waals surface area contributed by atoms with E-state index in [4.69, 9.17) is 29.9 Å². The summed E-state index contributed by atoms with van der Waals surface area (Å²) in [6.07, 6.45) is -1.63. The van der Waals surface area contributed by atoms with Crippen LogP contribution in [0.15, 0.2) is 24.3 Å². The minimum absolute atomic E-state index is 0.0521. The van der Waals surface area contributed by atoms with E-state index in [9.17, 15) is 0 Å². The fraction of sp³-hybridized carbons (Fsp3) is 0.647. The van der Waals surface area contributed by atoms with Crippen molar-refractivity contribution >= 4 is 0 Å². The summed E-state index contributed by atoms with van der Waals surface area (Å²) in [5.74, 6) is 0. The van der Waals surface area contributed by atoms with Crippen molar-refractivity contribution in [1.82, 2.24) is 0 Å². The Labute approximate surface area is 135 Å². The molecule has 128 valence electrons. The molecule has 2 heterocycles. The maximum Gasteiger partial charge on any atom is 0.111 e. The van der Waals surface area contributed by atoms with Crippen molar-refractivity contribution in [2.45, 2.75) is 49.3 Å². The average Bonchev–Trinajstić information content (AvgIpc) is 3.34. The number of hydrogen-bond donors (Lipinski definition) is 4. The fourth-order valence-corrected chi connectivity index (χ4v) is 3.19. The van der Waals surface area contributed by atoms with Crippen molar-refractivity contribution in [2.75, 3.05) is 19.8 Å². The third-order valence-corrected chi connectivity index (χ3v) is 4.86. The Bertz CT molecular complexity index is 528. The Morgan fingerprint density at radius 2 is 1.83 bits per heavy atom. The predicted octanol–water partition coefficient (Wildman–Crippen LogP) is -0.291. The summed E-state index contributed by atoms with van der Waals surface area (Å²) in [5, 5.41) is 35.7. The van der Waals surface area contributed by atoms with Crippen molar-refractivity contribution in [2.24, 2.45) is 0 Å². The van der Waals surface area contributed by atoms with Crippen LogP contribution >= 0.6 is 0 Å². The molecule has 2 fully saturated rings. The van der Waals surface area contributed by atoms with E-state index >= 15 is 0 Å². The Hall–Kier alpha value is -1.02. The van der Waals surface area contributed by atoms with Crippen LogP contribution in [0, 0.1) is 0 Å². The second-order valence-corrected chi connectivity index (χ2v) is 6.53. The summed E-state index contributed by atoms with van der Waals surface area (Å²) in [4.78, 5) is 0. The molecule has 4 atom stereocenters. The van der Waals surface area contributed by atoms with Crippen LogP contribution in [-0.4, -0.2) is 64.7 Å². The van der Waals surface area contributed by atoms with Gasteiger partial charge in [0, 0.05) is 5.41 Å². The molecule has 6 nitrogen and oxygen atoms in total. The van der Waals surface area contributed by atoms with Crippen molar-refractivity contribution in [1.29, 1.82) is 0 Å². The molecule has 6 heteroatoms. The van der Waals surface area contributed by atoms with E-state index in [2.05, 4.69) is 24.3 Å². The van der Waals surface area contributed by atoms with E-state index in [1.54, 1.807) is 5.56 Å². The summed E-state index contributed by atoms with van der Waals surface area (Å²) in [7, 11) is 0. The highest BCUT2D eigenvalue weighted by atomic mass is 16.5. The number of rotatable bonds is 1. The van der Waals surface area contributed by atoms with Gasteiger partial charge in [0.1, 0.15) is 24.4 Å². The zero-order valence-electron chi connectivity index (χ0n) is 13.0. The van der Waals surface area contributed by atoms with Crippen LogP contribution in [0.5, 0.6) is 0 Å². The quantitative estimate of drug-likeness (QED) is 0.566. The minimum atomic E-state index is -1.22. The van der Waals surface area contributed by atoms with Gasteiger partial charge in [0.15, 0.2) is 0 Å². The van der Waals surface area contributed by atoms with E-state index in [1.165, 1.54) is 18.4 Å². The van der Waals surface area contributed by atoms with Gasteiger partial charge >= 0.3 is 0 Å². The Morgan fingerprint density at radius 3 is 2.52 bits per heavy atom. The summed E-state index contributed by atoms with van der Waals surface area (Å²) in [6, 6.07) is 8.70. The number of aliphatic hydroxyl groups excluding tert-OH is 4. The van der Waals surface area contributed by atoms with E-state index in [-0.39, 0.29) is 13.2 Å². The van der Waals surface area contributed by atoms with Gasteiger partial charge in [0.25, 0.3) is 0 Å². The van der Waals surface area contributed by atoms with Crippen LogP contribution in [-0.2, 0) is 21.5 Å². The molecule has 4 N–H and O–H groups in total. The van der Waals surface area contributed by atoms with Gasteiger partial charge < -0.3 is 29.9 Å². The van der Waals surface area contributed by atoms with Crippen LogP contribution in [0.2, 0.25) is 0 Å². The van der Waals surface area contributed by atoms with E-state index in [0.29, 0.717) is 5.41 Å². The molecular formula is C17H24O6. The molecule has 1 aromatic carbocycles. The van der Waals surface area contributed by atoms with Crippen LogP contribution in [0.4, 0.5) is 0 Å². The lowest BCUT2D eigenvalue weighted by atomic mass is 9.90. The molecule has 0 aromatic heterocycles. The Morgan fingerprint density at radius 1 is 1.09 bits per heavy atom. The molecule has 1 aliphatic carbocycles. The number of benzene rings is 1. The lowest BCUT2D eigenvalue weighted by Crippen LogP contribution is -2.53. The number of ether oxygens (including phenoxy) is 2. The molecule has 23 heavy (non-hydrogen) atoms. The molecule has 1 saturated heterocycles. The Kier molecular flexibility index (Phi) is 5.01. The fourth-order valence-electron chi connectivity index (χ4n) is 3.19. The smallest absolute Gasteiger partial charge is 0.111 e. The average molecular weight is 324 g/mol. The van der Waals surface area contributed by atoms with Gasteiger partial charge in [-0.05, 0) is 24.0 Å². The maximum atomic E-state index is 9.11. The predicted molar refractivity (Wildman–Crippen MR) is 81.9 cm³/mol. The summed E-state index contributed by atoms with van der Waals surface area (Å²) in [5.41, 5.74) is 3.40. The number of hydrogen-bond acceptors (Lipinski definition) is 6. The molecular weight excluding hydrogens is 300 g/mol. The highest BCUT2D eigenvalue weighted by molar-refractivity contribution is 5.39. The summed E-state index contributed by atoms with van der Waals surface area (Å²) in [6.45, 7) is 1.36. The molecule has 1 spiro atoms.